The summed E-state index contributed by atoms with van der Waals surface area (Å²) in [6, 6.07) is 0.871. The molecule has 0 aromatic rings. The van der Waals surface area contributed by atoms with Gasteiger partial charge in [0.05, 0.1) is 0 Å². The fraction of sp³-hybridized carbons (Fsp3) is 1.00. The van der Waals surface area contributed by atoms with E-state index in [1.807, 2.05) is 0 Å². The summed E-state index contributed by atoms with van der Waals surface area (Å²) < 4.78 is 0. The van der Waals surface area contributed by atoms with Crippen molar-refractivity contribution in [2.75, 3.05) is 18.9 Å². The number of hydrogen-bond donors (Lipinski definition) is 0. The molecule has 1 saturated carbocycles. The van der Waals surface area contributed by atoms with Gasteiger partial charge in [0.25, 0.3) is 0 Å². The molecule has 0 aromatic carbocycles. The van der Waals surface area contributed by atoms with Crippen LogP contribution in [0.15, 0.2) is 0 Å². The Balaban J connectivity index is 2.24. The summed E-state index contributed by atoms with van der Waals surface area (Å²) in [5.41, 5.74) is 0. The van der Waals surface area contributed by atoms with Gasteiger partial charge in [-0.15, -0.1) is 0 Å². The average Bonchev–Trinajstić information content (AvgIpc) is 2.19. The van der Waals surface area contributed by atoms with Gasteiger partial charge in [-0.1, -0.05) is 42.1 Å². The molecule has 0 radical (unpaired) electrons. The lowest BCUT2D eigenvalue weighted by molar-refractivity contribution is 0.175. The van der Waals surface area contributed by atoms with E-state index in [2.05, 4.69) is 34.8 Å². The van der Waals surface area contributed by atoms with Gasteiger partial charge < -0.3 is 4.90 Å². The van der Waals surface area contributed by atoms with E-state index in [-0.39, 0.29) is 0 Å². The highest BCUT2D eigenvalue weighted by molar-refractivity contribution is 9.09. The van der Waals surface area contributed by atoms with Crippen LogP contribution < -0.4 is 0 Å². The number of hydrogen-bond acceptors (Lipinski definition) is 1. The summed E-state index contributed by atoms with van der Waals surface area (Å²) in [5.74, 6) is 0.784. The minimum absolute atomic E-state index is 0.784. The van der Waals surface area contributed by atoms with E-state index in [0.29, 0.717) is 0 Å². The summed E-state index contributed by atoms with van der Waals surface area (Å²) >= 11 is 3.54. The van der Waals surface area contributed by atoms with Gasteiger partial charge in [-0.3, -0.25) is 0 Å². The molecule has 0 spiro atoms. The van der Waals surface area contributed by atoms with Gasteiger partial charge in [0, 0.05) is 17.9 Å². The van der Waals surface area contributed by atoms with E-state index in [1.54, 1.807) is 0 Å². The van der Waals surface area contributed by atoms with Crippen LogP contribution in [0.3, 0.4) is 0 Å². The fourth-order valence-electron chi connectivity index (χ4n) is 2.21. The largest absolute Gasteiger partial charge is 0.303 e. The van der Waals surface area contributed by atoms with Crippen LogP contribution >= 0.6 is 15.9 Å². The standard InChI is InChI=1S/C11H22BrN/c1-10(8-12)9-13(2)11-6-4-3-5-7-11/h10-11H,3-9H2,1-2H3. The van der Waals surface area contributed by atoms with E-state index >= 15 is 0 Å². The Hall–Kier alpha value is 0.440. The van der Waals surface area contributed by atoms with Crippen molar-refractivity contribution in [3.63, 3.8) is 0 Å². The molecule has 1 atom stereocenters. The molecule has 0 heterocycles. The molecule has 0 aliphatic heterocycles. The molecule has 0 aromatic heterocycles. The summed E-state index contributed by atoms with van der Waals surface area (Å²) in [5, 5.41) is 1.13. The van der Waals surface area contributed by atoms with Crippen molar-refractivity contribution in [1.29, 1.82) is 0 Å². The van der Waals surface area contributed by atoms with E-state index in [1.165, 1.54) is 38.6 Å². The van der Waals surface area contributed by atoms with Crippen LogP contribution in [-0.2, 0) is 0 Å². The molecule has 1 fully saturated rings. The van der Waals surface area contributed by atoms with Crippen molar-refractivity contribution in [2.24, 2.45) is 5.92 Å². The molecule has 13 heavy (non-hydrogen) atoms. The van der Waals surface area contributed by atoms with Crippen LogP contribution in [-0.4, -0.2) is 29.9 Å². The van der Waals surface area contributed by atoms with Crippen LogP contribution in [0.25, 0.3) is 0 Å². The number of nitrogens with zero attached hydrogens (tertiary/aromatic N) is 1. The SMILES string of the molecule is CC(CBr)CN(C)C1CCCCC1. The summed E-state index contributed by atoms with van der Waals surface area (Å²) in [4.78, 5) is 2.56. The zero-order valence-corrected chi connectivity index (χ0v) is 10.5. The maximum atomic E-state index is 3.54. The molecule has 78 valence electrons. The molecular formula is C11H22BrN. The molecule has 0 amide bonds. The first-order chi connectivity index (χ1) is 6.24. The van der Waals surface area contributed by atoms with Crippen molar-refractivity contribution in [3.8, 4) is 0 Å². The monoisotopic (exact) mass is 247 g/mol. The third-order valence-corrected chi connectivity index (χ3v) is 4.17. The first kappa shape index (κ1) is 11.5. The van der Waals surface area contributed by atoms with Gasteiger partial charge in [0.1, 0.15) is 0 Å². The van der Waals surface area contributed by atoms with Crippen LogP contribution in [0.4, 0.5) is 0 Å². The third kappa shape index (κ3) is 3.99. The Morgan fingerprint density at radius 1 is 1.31 bits per heavy atom. The van der Waals surface area contributed by atoms with E-state index < -0.39 is 0 Å². The minimum atomic E-state index is 0.784. The van der Waals surface area contributed by atoms with Gasteiger partial charge in [-0.05, 0) is 25.8 Å². The maximum Gasteiger partial charge on any atom is 0.00923 e. The quantitative estimate of drug-likeness (QED) is 0.690. The topological polar surface area (TPSA) is 3.24 Å². The minimum Gasteiger partial charge on any atom is -0.303 e. The second kappa shape index (κ2) is 6.02. The maximum absolute atomic E-state index is 3.54. The summed E-state index contributed by atoms with van der Waals surface area (Å²) in [6.45, 7) is 3.56. The predicted molar refractivity (Wildman–Crippen MR) is 62.5 cm³/mol. The zero-order valence-electron chi connectivity index (χ0n) is 8.93. The van der Waals surface area contributed by atoms with Gasteiger partial charge in [0.15, 0.2) is 0 Å². The molecule has 1 rings (SSSR count). The van der Waals surface area contributed by atoms with E-state index in [4.69, 9.17) is 0 Å². The summed E-state index contributed by atoms with van der Waals surface area (Å²) in [7, 11) is 2.29. The van der Waals surface area contributed by atoms with E-state index in [0.717, 1.165) is 17.3 Å². The lowest BCUT2D eigenvalue weighted by Gasteiger charge is -2.32. The predicted octanol–water partition coefficient (Wildman–Crippen LogP) is 3.28. The second-order valence-corrected chi connectivity index (χ2v) is 5.14. The molecule has 0 saturated heterocycles. The van der Waals surface area contributed by atoms with Gasteiger partial charge in [-0.2, -0.15) is 0 Å². The van der Waals surface area contributed by atoms with Crippen molar-refractivity contribution >= 4 is 15.9 Å². The van der Waals surface area contributed by atoms with Crippen molar-refractivity contribution in [3.05, 3.63) is 0 Å². The highest BCUT2D eigenvalue weighted by Gasteiger charge is 2.18. The number of halogens is 1. The van der Waals surface area contributed by atoms with Gasteiger partial charge >= 0.3 is 0 Å². The Morgan fingerprint density at radius 2 is 1.92 bits per heavy atom. The fourth-order valence-corrected chi connectivity index (χ4v) is 2.42. The lowest BCUT2D eigenvalue weighted by Crippen LogP contribution is -2.36. The number of rotatable bonds is 4. The Kier molecular flexibility index (Phi) is 5.34. The molecule has 0 N–H and O–H groups in total. The highest BCUT2D eigenvalue weighted by Crippen LogP contribution is 2.22. The average molecular weight is 248 g/mol. The third-order valence-electron chi connectivity index (χ3n) is 3.06. The van der Waals surface area contributed by atoms with E-state index in [9.17, 15) is 0 Å². The molecule has 1 nitrogen and oxygen atoms in total. The molecule has 1 unspecified atom stereocenters. The molecule has 2 heteroatoms. The first-order valence-corrected chi connectivity index (χ1v) is 6.62. The Bertz CT molecular complexity index is 132. The normalized spacial score (nSPS) is 22.2. The molecule has 1 aliphatic carbocycles. The number of alkyl halides is 1. The van der Waals surface area contributed by atoms with Crippen LogP contribution in [0.2, 0.25) is 0 Å². The molecule has 1 aliphatic rings. The van der Waals surface area contributed by atoms with Gasteiger partial charge in [0.2, 0.25) is 0 Å². The Labute approximate surface area is 91.0 Å². The Morgan fingerprint density at radius 3 is 2.46 bits per heavy atom. The van der Waals surface area contributed by atoms with Crippen molar-refractivity contribution in [2.45, 2.75) is 45.1 Å². The van der Waals surface area contributed by atoms with Crippen molar-refractivity contribution in [1.82, 2.24) is 4.90 Å². The van der Waals surface area contributed by atoms with Crippen LogP contribution in [0.1, 0.15) is 39.0 Å². The van der Waals surface area contributed by atoms with Crippen molar-refractivity contribution < 1.29 is 0 Å². The van der Waals surface area contributed by atoms with Crippen LogP contribution in [0, 0.1) is 5.92 Å². The molecule has 0 bridgehead atoms. The second-order valence-electron chi connectivity index (χ2n) is 4.49. The van der Waals surface area contributed by atoms with Gasteiger partial charge in [-0.25, -0.2) is 0 Å². The first-order valence-electron chi connectivity index (χ1n) is 5.50. The van der Waals surface area contributed by atoms with Crippen LogP contribution in [0.5, 0.6) is 0 Å². The lowest BCUT2D eigenvalue weighted by atomic mass is 9.94. The highest BCUT2D eigenvalue weighted by atomic mass is 79.9. The molecular weight excluding hydrogens is 226 g/mol. The zero-order chi connectivity index (χ0) is 9.68. The summed E-state index contributed by atoms with van der Waals surface area (Å²) in [6.07, 6.45) is 7.19. The smallest absolute Gasteiger partial charge is 0.00923 e.